The summed E-state index contributed by atoms with van der Waals surface area (Å²) in [6.45, 7) is 7.28. The van der Waals surface area contributed by atoms with Gasteiger partial charge in [0.25, 0.3) is 0 Å². The maximum atomic E-state index is 11.4. The van der Waals surface area contributed by atoms with E-state index in [0.29, 0.717) is 29.8 Å². The van der Waals surface area contributed by atoms with Crippen LogP contribution in [0.4, 0.5) is 5.82 Å². The Morgan fingerprint density at radius 3 is 2.74 bits per heavy atom. The SMILES string of the molecule is CCCNC(=O)CCNc1cc(Cl)nc(C(C)C)n1. The molecule has 1 rings (SSSR count). The fourth-order valence-electron chi connectivity index (χ4n) is 1.44. The van der Waals surface area contributed by atoms with Crippen molar-refractivity contribution >= 4 is 23.3 Å². The monoisotopic (exact) mass is 284 g/mol. The van der Waals surface area contributed by atoms with Gasteiger partial charge in [-0.3, -0.25) is 4.79 Å². The van der Waals surface area contributed by atoms with E-state index in [1.54, 1.807) is 6.07 Å². The maximum absolute atomic E-state index is 11.4. The van der Waals surface area contributed by atoms with Crippen LogP contribution >= 0.6 is 11.6 Å². The largest absolute Gasteiger partial charge is 0.369 e. The lowest BCUT2D eigenvalue weighted by Crippen LogP contribution is -2.26. The molecule has 1 aromatic rings. The summed E-state index contributed by atoms with van der Waals surface area (Å²) in [5.41, 5.74) is 0. The Morgan fingerprint density at radius 1 is 1.37 bits per heavy atom. The van der Waals surface area contributed by atoms with Gasteiger partial charge in [0.15, 0.2) is 0 Å². The van der Waals surface area contributed by atoms with Crippen molar-refractivity contribution in [2.75, 3.05) is 18.4 Å². The molecule has 1 amide bonds. The van der Waals surface area contributed by atoms with Crippen molar-refractivity contribution in [3.63, 3.8) is 0 Å². The second-order valence-electron chi connectivity index (χ2n) is 4.62. The first-order valence-electron chi connectivity index (χ1n) is 6.58. The summed E-state index contributed by atoms with van der Waals surface area (Å²) >= 11 is 5.93. The first-order chi connectivity index (χ1) is 9.02. The van der Waals surface area contributed by atoms with Crippen molar-refractivity contribution in [3.05, 3.63) is 17.0 Å². The van der Waals surface area contributed by atoms with Gasteiger partial charge >= 0.3 is 0 Å². The minimum Gasteiger partial charge on any atom is -0.369 e. The van der Waals surface area contributed by atoms with Crippen molar-refractivity contribution in [1.82, 2.24) is 15.3 Å². The molecule has 1 aromatic heterocycles. The molecule has 5 nitrogen and oxygen atoms in total. The van der Waals surface area contributed by atoms with E-state index in [-0.39, 0.29) is 11.8 Å². The van der Waals surface area contributed by atoms with Gasteiger partial charge < -0.3 is 10.6 Å². The Kier molecular flexibility index (Phi) is 6.56. The highest BCUT2D eigenvalue weighted by atomic mass is 35.5. The average molecular weight is 285 g/mol. The quantitative estimate of drug-likeness (QED) is 0.755. The summed E-state index contributed by atoms with van der Waals surface area (Å²) in [4.78, 5) is 19.9. The van der Waals surface area contributed by atoms with Crippen molar-refractivity contribution in [1.29, 1.82) is 0 Å². The zero-order valence-electron chi connectivity index (χ0n) is 11.7. The van der Waals surface area contributed by atoms with Crippen molar-refractivity contribution in [3.8, 4) is 0 Å². The molecule has 19 heavy (non-hydrogen) atoms. The molecule has 0 fully saturated rings. The van der Waals surface area contributed by atoms with E-state index in [1.807, 2.05) is 20.8 Å². The van der Waals surface area contributed by atoms with Gasteiger partial charge in [-0.2, -0.15) is 0 Å². The Morgan fingerprint density at radius 2 is 2.11 bits per heavy atom. The lowest BCUT2D eigenvalue weighted by molar-refractivity contribution is -0.120. The number of hydrogen-bond donors (Lipinski definition) is 2. The summed E-state index contributed by atoms with van der Waals surface area (Å²) in [5, 5.41) is 6.33. The molecule has 6 heteroatoms. The van der Waals surface area contributed by atoms with Gasteiger partial charge in [-0.25, -0.2) is 9.97 Å². The van der Waals surface area contributed by atoms with Crippen LogP contribution in [0, 0.1) is 0 Å². The molecule has 0 aliphatic heterocycles. The molecule has 1 heterocycles. The van der Waals surface area contributed by atoms with Crippen LogP contribution in [0.15, 0.2) is 6.07 Å². The summed E-state index contributed by atoms with van der Waals surface area (Å²) in [7, 11) is 0. The number of aromatic nitrogens is 2. The van der Waals surface area contributed by atoms with Gasteiger partial charge in [0.1, 0.15) is 16.8 Å². The third kappa shape index (κ3) is 5.87. The van der Waals surface area contributed by atoms with Crippen molar-refractivity contribution in [2.24, 2.45) is 0 Å². The lowest BCUT2D eigenvalue weighted by Gasteiger charge is -2.09. The molecule has 2 N–H and O–H groups in total. The number of hydrogen-bond acceptors (Lipinski definition) is 4. The fraction of sp³-hybridized carbons (Fsp3) is 0.615. The van der Waals surface area contributed by atoms with Crippen LogP contribution < -0.4 is 10.6 Å². The highest BCUT2D eigenvalue weighted by Gasteiger charge is 2.07. The zero-order valence-corrected chi connectivity index (χ0v) is 12.4. The number of nitrogens with zero attached hydrogens (tertiary/aromatic N) is 2. The van der Waals surface area contributed by atoms with E-state index in [9.17, 15) is 4.79 Å². The predicted molar refractivity (Wildman–Crippen MR) is 77.5 cm³/mol. The summed E-state index contributed by atoms with van der Waals surface area (Å²) in [6.07, 6.45) is 1.36. The summed E-state index contributed by atoms with van der Waals surface area (Å²) in [5.74, 6) is 1.61. The van der Waals surface area contributed by atoms with Crippen LogP contribution in [-0.4, -0.2) is 29.0 Å². The standard InChI is InChI=1S/C13H21ClN4O/c1-4-6-16-12(19)5-7-15-11-8-10(14)17-13(18-11)9(2)3/h8-9H,4-7H2,1-3H3,(H,16,19)(H,15,17,18). The molecule has 0 aliphatic rings. The van der Waals surface area contributed by atoms with Crippen LogP contribution in [0.2, 0.25) is 5.15 Å². The molecule has 0 spiro atoms. The molecule has 0 unspecified atom stereocenters. The Balaban J connectivity index is 2.47. The number of anilines is 1. The van der Waals surface area contributed by atoms with E-state index in [1.165, 1.54) is 0 Å². The molecule has 0 bridgehead atoms. The molecule has 0 saturated carbocycles. The van der Waals surface area contributed by atoms with E-state index in [4.69, 9.17) is 11.6 Å². The van der Waals surface area contributed by atoms with Crippen LogP contribution in [0.3, 0.4) is 0 Å². The topological polar surface area (TPSA) is 66.9 Å². The summed E-state index contributed by atoms with van der Waals surface area (Å²) in [6, 6.07) is 1.66. The molecule has 106 valence electrons. The second-order valence-corrected chi connectivity index (χ2v) is 5.00. The third-order valence-electron chi connectivity index (χ3n) is 2.46. The Hall–Kier alpha value is -1.36. The normalized spacial score (nSPS) is 10.6. The number of carbonyl (C=O) groups is 1. The first kappa shape index (κ1) is 15.7. The summed E-state index contributed by atoms with van der Waals surface area (Å²) < 4.78 is 0. The van der Waals surface area contributed by atoms with Crippen LogP contribution in [-0.2, 0) is 4.79 Å². The van der Waals surface area contributed by atoms with Crippen molar-refractivity contribution < 1.29 is 4.79 Å². The minimum atomic E-state index is 0.0404. The number of amides is 1. The van der Waals surface area contributed by atoms with E-state index in [2.05, 4.69) is 20.6 Å². The number of halogens is 1. The fourth-order valence-corrected chi connectivity index (χ4v) is 1.63. The number of carbonyl (C=O) groups excluding carboxylic acids is 1. The molecule has 0 aromatic carbocycles. The van der Waals surface area contributed by atoms with Gasteiger partial charge in [0.2, 0.25) is 5.91 Å². The van der Waals surface area contributed by atoms with Crippen LogP contribution in [0.25, 0.3) is 0 Å². The van der Waals surface area contributed by atoms with Gasteiger partial charge in [0, 0.05) is 31.5 Å². The highest BCUT2D eigenvalue weighted by molar-refractivity contribution is 6.29. The molecule has 0 saturated heterocycles. The van der Waals surface area contributed by atoms with E-state index >= 15 is 0 Å². The van der Waals surface area contributed by atoms with Gasteiger partial charge in [-0.15, -0.1) is 0 Å². The first-order valence-corrected chi connectivity index (χ1v) is 6.95. The average Bonchev–Trinajstić information content (AvgIpc) is 2.35. The third-order valence-corrected chi connectivity index (χ3v) is 2.65. The predicted octanol–water partition coefficient (Wildman–Crippen LogP) is 2.58. The van der Waals surface area contributed by atoms with Crippen LogP contribution in [0.1, 0.15) is 45.4 Å². The number of nitrogens with one attached hydrogen (secondary N) is 2. The van der Waals surface area contributed by atoms with Gasteiger partial charge in [0.05, 0.1) is 0 Å². The Labute approximate surface area is 119 Å². The minimum absolute atomic E-state index is 0.0404. The van der Waals surface area contributed by atoms with E-state index < -0.39 is 0 Å². The smallest absolute Gasteiger partial charge is 0.221 e. The van der Waals surface area contributed by atoms with Gasteiger partial charge in [-0.05, 0) is 6.42 Å². The maximum Gasteiger partial charge on any atom is 0.221 e. The second kappa shape index (κ2) is 7.94. The molecule has 0 atom stereocenters. The van der Waals surface area contributed by atoms with E-state index in [0.717, 1.165) is 13.0 Å². The molecular formula is C13H21ClN4O. The van der Waals surface area contributed by atoms with Crippen molar-refractivity contribution in [2.45, 2.75) is 39.5 Å². The van der Waals surface area contributed by atoms with Crippen LogP contribution in [0.5, 0.6) is 0 Å². The molecule has 0 aliphatic carbocycles. The highest BCUT2D eigenvalue weighted by Crippen LogP contribution is 2.16. The Bertz CT molecular complexity index is 423. The molecule has 0 radical (unpaired) electrons. The molecular weight excluding hydrogens is 264 g/mol. The lowest BCUT2D eigenvalue weighted by atomic mass is 10.2. The zero-order chi connectivity index (χ0) is 14.3. The number of rotatable bonds is 7. The van der Waals surface area contributed by atoms with Gasteiger partial charge in [-0.1, -0.05) is 32.4 Å².